The maximum atomic E-state index is 12.2. The van der Waals surface area contributed by atoms with E-state index in [1.165, 1.54) is 48.5 Å². The highest BCUT2D eigenvalue weighted by atomic mass is 16.6. The number of benzene rings is 2. The fraction of sp³-hybridized carbons (Fsp3) is 0.611. The zero-order chi connectivity index (χ0) is 34.3. The molecule has 0 radical (unpaired) electrons. The van der Waals surface area contributed by atoms with E-state index in [1.54, 1.807) is 0 Å². The van der Waals surface area contributed by atoms with Crippen molar-refractivity contribution in [3.8, 4) is 0 Å². The number of carbonyl (C=O) groups is 2. The van der Waals surface area contributed by atoms with E-state index >= 15 is 0 Å². The third-order valence-electron chi connectivity index (χ3n) is 10.5. The van der Waals surface area contributed by atoms with Crippen LogP contribution in [0.15, 0.2) is 48.5 Å². The lowest BCUT2D eigenvalue weighted by Gasteiger charge is -2.41. The van der Waals surface area contributed by atoms with E-state index in [1.807, 2.05) is 0 Å². The van der Waals surface area contributed by atoms with Gasteiger partial charge in [0.15, 0.2) is 0 Å². The predicted octanol–water partition coefficient (Wildman–Crippen LogP) is 7.76. The van der Waals surface area contributed by atoms with Crippen molar-refractivity contribution >= 4 is 23.3 Å². The lowest BCUT2D eigenvalue weighted by molar-refractivity contribution is -0.385. The van der Waals surface area contributed by atoms with E-state index in [0.717, 1.165) is 77.0 Å². The van der Waals surface area contributed by atoms with Crippen LogP contribution in [0.1, 0.15) is 112 Å². The Morgan fingerprint density at radius 3 is 1.29 bits per heavy atom. The summed E-state index contributed by atoms with van der Waals surface area (Å²) in [5, 5.41) is 21.3. The second-order valence-corrected chi connectivity index (χ2v) is 13.8. The van der Waals surface area contributed by atoms with Gasteiger partial charge in [0.05, 0.1) is 57.6 Å². The van der Waals surface area contributed by atoms with Crippen LogP contribution in [-0.4, -0.2) is 58.4 Å². The van der Waals surface area contributed by atoms with Gasteiger partial charge in [-0.2, -0.15) is 0 Å². The summed E-state index contributed by atoms with van der Waals surface area (Å²) in [5.41, 5.74) is 0.342. The quantitative estimate of drug-likeness (QED) is 0.155. The van der Waals surface area contributed by atoms with Crippen molar-refractivity contribution in [3.05, 3.63) is 79.9 Å². The summed E-state index contributed by atoms with van der Waals surface area (Å²) in [6.45, 7) is 4.92. The van der Waals surface area contributed by atoms with Gasteiger partial charge in [0, 0.05) is 36.1 Å². The molecule has 12 nitrogen and oxygen atoms in total. The average molecular weight is 667 g/mol. The molecule has 2 saturated carbocycles. The summed E-state index contributed by atoms with van der Waals surface area (Å²) >= 11 is 0. The molecule has 4 aliphatic rings. The molecule has 4 fully saturated rings. The zero-order valence-electron chi connectivity index (χ0n) is 27.8. The highest BCUT2D eigenvalue weighted by Crippen LogP contribution is 2.47. The van der Waals surface area contributed by atoms with Crippen molar-refractivity contribution in [1.82, 2.24) is 0 Å². The fourth-order valence-electron chi connectivity index (χ4n) is 8.04. The second kappa shape index (κ2) is 15.5. The minimum absolute atomic E-state index is 0.0362. The monoisotopic (exact) mass is 666 g/mol. The summed E-state index contributed by atoms with van der Waals surface area (Å²) in [6, 6.07) is 11.0. The Balaban J connectivity index is 0.000000188. The van der Waals surface area contributed by atoms with Crippen molar-refractivity contribution in [2.24, 2.45) is 11.8 Å². The molecule has 2 aliphatic carbocycles. The summed E-state index contributed by atoms with van der Waals surface area (Å²) in [5.74, 6) is -0.392. The predicted molar refractivity (Wildman–Crippen MR) is 176 cm³/mol. The standard InChI is InChI=1S/2C18H23NO5/c2*1-13-4-2-10-18(24-13)11-3-5-15(18)12-23-17(20)14-6-8-16(9-7-14)19(21)22/h2*6-9,13,15H,2-5,10-12H2,1H3/t2*13-,15+,18-/m00/s1. The number of nitrogens with zero attached hydrogens (tertiary/aromatic N) is 2. The number of ether oxygens (including phenoxy) is 4. The Morgan fingerprint density at radius 2 is 0.979 bits per heavy atom. The molecule has 0 bridgehead atoms. The molecule has 0 amide bonds. The molecular formula is C36H46N2O10. The van der Waals surface area contributed by atoms with Crippen LogP contribution in [0, 0.1) is 32.1 Å². The number of carbonyl (C=O) groups excluding carboxylic acids is 2. The van der Waals surface area contributed by atoms with Crippen molar-refractivity contribution in [2.45, 2.75) is 114 Å². The summed E-state index contributed by atoms with van der Waals surface area (Å²) < 4.78 is 23.5. The first-order chi connectivity index (χ1) is 23.0. The number of non-ortho nitro benzene ring substituents is 2. The SMILES string of the molecule is C[C@H]1CCC[C@@]2(CCC[C@@H]2COC(=O)c2ccc([N+](=O)[O-])cc2)O1.C[C@H]1CCC[C@@]2(CCC[C@@H]2COC(=O)c2ccc([N+](=O)[O-])cc2)O1. The Labute approximate surface area is 280 Å². The highest BCUT2D eigenvalue weighted by molar-refractivity contribution is 5.90. The number of hydrogen-bond donors (Lipinski definition) is 0. The van der Waals surface area contributed by atoms with Gasteiger partial charge in [-0.15, -0.1) is 0 Å². The normalized spacial score (nSPS) is 29.5. The van der Waals surface area contributed by atoms with E-state index in [2.05, 4.69) is 13.8 Å². The molecule has 0 unspecified atom stereocenters. The largest absolute Gasteiger partial charge is 0.462 e. The first-order valence-corrected chi connectivity index (χ1v) is 17.2. The number of rotatable bonds is 8. The van der Waals surface area contributed by atoms with Gasteiger partial charge < -0.3 is 18.9 Å². The molecule has 6 atom stereocenters. The molecule has 2 aliphatic heterocycles. The zero-order valence-corrected chi connectivity index (χ0v) is 27.8. The second-order valence-electron chi connectivity index (χ2n) is 13.8. The fourth-order valence-corrected chi connectivity index (χ4v) is 8.04. The van der Waals surface area contributed by atoms with Crippen molar-refractivity contribution in [2.75, 3.05) is 13.2 Å². The summed E-state index contributed by atoms with van der Waals surface area (Å²) in [6.07, 6.45) is 13.4. The van der Waals surface area contributed by atoms with E-state index in [9.17, 15) is 29.8 Å². The van der Waals surface area contributed by atoms with E-state index in [-0.39, 0.29) is 46.6 Å². The molecule has 260 valence electrons. The van der Waals surface area contributed by atoms with Gasteiger partial charge in [-0.25, -0.2) is 9.59 Å². The van der Waals surface area contributed by atoms with Crippen LogP contribution in [0.25, 0.3) is 0 Å². The molecule has 2 heterocycles. The van der Waals surface area contributed by atoms with Crippen LogP contribution in [0.5, 0.6) is 0 Å². The molecule has 2 spiro atoms. The van der Waals surface area contributed by atoms with E-state index in [0.29, 0.717) is 24.3 Å². The molecule has 2 aromatic rings. The minimum atomic E-state index is -0.487. The van der Waals surface area contributed by atoms with Gasteiger partial charge >= 0.3 is 11.9 Å². The smallest absolute Gasteiger partial charge is 0.338 e. The van der Waals surface area contributed by atoms with Gasteiger partial charge in [0.25, 0.3) is 11.4 Å². The molecule has 2 aromatic carbocycles. The van der Waals surface area contributed by atoms with Crippen molar-refractivity contribution in [1.29, 1.82) is 0 Å². The average Bonchev–Trinajstić information content (AvgIpc) is 3.64. The van der Waals surface area contributed by atoms with E-state index < -0.39 is 21.8 Å². The van der Waals surface area contributed by atoms with Crippen molar-refractivity contribution in [3.63, 3.8) is 0 Å². The first kappa shape index (κ1) is 35.4. The summed E-state index contributed by atoms with van der Waals surface area (Å²) in [7, 11) is 0. The molecule has 12 heteroatoms. The first-order valence-electron chi connectivity index (χ1n) is 17.2. The maximum Gasteiger partial charge on any atom is 0.338 e. The van der Waals surface area contributed by atoms with Gasteiger partial charge in [0.2, 0.25) is 0 Å². The Morgan fingerprint density at radius 1 is 0.646 bits per heavy atom. The van der Waals surface area contributed by atoms with Gasteiger partial charge in [-0.3, -0.25) is 20.2 Å². The Hall–Kier alpha value is -3.90. The van der Waals surface area contributed by atoms with Gasteiger partial charge in [-0.05, 0) is 102 Å². The molecule has 48 heavy (non-hydrogen) atoms. The van der Waals surface area contributed by atoms with Crippen LogP contribution in [0.2, 0.25) is 0 Å². The molecule has 6 rings (SSSR count). The van der Waals surface area contributed by atoms with Gasteiger partial charge in [-0.1, -0.05) is 12.8 Å². The molecule has 0 N–H and O–H groups in total. The third kappa shape index (κ3) is 8.38. The number of esters is 2. The lowest BCUT2D eigenvalue weighted by Crippen LogP contribution is -2.44. The third-order valence-corrected chi connectivity index (χ3v) is 10.5. The number of hydrogen-bond acceptors (Lipinski definition) is 10. The highest BCUT2D eigenvalue weighted by Gasteiger charge is 2.48. The molecular weight excluding hydrogens is 620 g/mol. The number of nitro benzene ring substituents is 2. The van der Waals surface area contributed by atoms with Crippen LogP contribution in [0.3, 0.4) is 0 Å². The molecule has 0 aromatic heterocycles. The van der Waals surface area contributed by atoms with Crippen molar-refractivity contribution < 1.29 is 38.4 Å². The van der Waals surface area contributed by atoms with Crippen LogP contribution >= 0.6 is 0 Å². The molecule has 2 saturated heterocycles. The Kier molecular flexibility index (Phi) is 11.5. The minimum Gasteiger partial charge on any atom is -0.462 e. The van der Waals surface area contributed by atoms with Crippen LogP contribution in [0.4, 0.5) is 11.4 Å². The van der Waals surface area contributed by atoms with E-state index in [4.69, 9.17) is 18.9 Å². The topological polar surface area (TPSA) is 157 Å². The number of nitro groups is 2. The van der Waals surface area contributed by atoms with Gasteiger partial charge in [0.1, 0.15) is 0 Å². The van der Waals surface area contributed by atoms with Crippen LogP contribution in [-0.2, 0) is 18.9 Å². The maximum absolute atomic E-state index is 12.2. The summed E-state index contributed by atoms with van der Waals surface area (Å²) in [4.78, 5) is 44.7. The lowest BCUT2D eigenvalue weighted by atomic mass is 9.83. The van der Waals surface area contributed by atoms with Crippen LogP contribution < -0.4 is 0 Å². The Bertz CT molecular complexity index is 1340.